The molecule has 1 heterocycles. The monoisotopic (exact) mass is 422 g/mol. The number of nitriles is 1. The summed E-state index contributed by atoms with van der Waals surface area (Å²) < 4.78 is 10.4. The highest BCUT2D eigenvalue weighted by molar-refractivity contribution is 7.16. The third kappa shape index (κ3) is 5.58. The number of carbonyl (C=O) groups excluding carboxylic acids is 2. The largest absolute Gasteiger partial charge is 0.490 e. The number of fused-ring (bicyclic) bond motifs is 1. The minimum atomic E-state index is -0.622. The highest BCUT2D eigenvalue weighted by atomic mass is 32.1. The van der Waals surface area contributed by atoms with Crippen molar-refractivity contribution in [1.82, 2.24) is 0 Å². The first-order valence-corrected chi connectivity index (χ1v) is 10.5. The number of benzene rings is 1. The number of nitrogens with one attached hydrogen (secondary N) is 1. The molecule has 0 unspecified atom stereocenters. The Morgan fingerprint density at radius 1 is 1.23 bits per heavy atom. The molecule has 0 radical (unpaired) electrons. The van der Waals surface area contributed by atoms with Crippen LogP contribution in [0.2, 0.25) is 0 Å². The van der Waals surface area contributed by atoms with Crippen molar-refractivity contribution in [3.63, 3.8) is 0 Å². The van der Waals surface area contributed by atoms with Gasteiger partial charge in [0.2, 0.25) is 0 Å². The molecule has 0 saturated heterocycles. The van der Waals surface area contributed by atoms with Crippen molar-refractivity contribution in [3.05, 3.63) is 64.6 Å². The zero-order valence-electron chi connectivity index (χ0n) is 16.5. The lowest BCUT2D eigenvalue weighted by atomic mass is 9.96. The minimum absolute atomic E-state index is 0.412. The fourth-order valence-electron chi connectivity index (χ4n) is 3.11. The summed E-state index contributed by atoms with van der Waals surface area (Å²) in [6.07, 6.45) is 8.47. The van der Waals surface area contributed by atoms with Crippen molar-refractivity contribution in [2.24, 2.45) is 0 Å². The maximum absolute atomic E-state index is 12.2. The third-order valence-electron chi connectivity index (χ3n) is 4.54. The Bertz CT molecular complexity index is 999. The molecule has 3 rings (SSSR count). The van der Waals surface area contributed by atoms with E-state index in [0.29, 0.717) is 22.9 Å². The average molecular weight is 423 g/mol. The molecule has 1 aromatic carbocycles. The van der Waals surface area contributed by atoms with Crippen LogP contribution in [0.1, 0.15) is 34.4 Å². The van der Waals surface area contributed by atoms with E-state index in [2.05, 4.69) is 18.0 Å². The summed E-state index contributed by atoms with van der Waals surface area (Å²) in [7, 11) is 0. The number of nitrogens with zero attached hydrogens (tertiary/aromatic N) is 1. The van der Waals surface area contributed by atoms with Gasteiger partial charge in [-0.1, -0.05) is 24.8 Å². The Labute approximate surface area is 179 Å². The second kappa shape index (κ2) is 10.4. The standard InChI is InChI=1S/C23H22N2O4S/c1-2-13-28-17-10-7-16(8-11-17)9-12-22(27)29-15-21(26)25-23-19(14-24)18-5-3-4-6-20(18)30-23/h2,7-12H,1,3-6,13,15H2,(H,25,26)/b12-9+. The fourth-order valence-corrected chi connectivity index (χ4v) is 4.37. The Hall–Kier alpha value is -3.37. The van der Waals surface area contributed by atoms with Gasteiger partial charge in [-0.3, -0.25) is 4.79 Å². The molecule has 1 aliphatic rings. The molecule has 0 saturated carbocycles. The van der Waals surface area contributed by atoms with Gasteiger partial charge in [-0.25, -0.2) is 4.79 Å². The Morgan fingerprint density at radius 2 is 2.00 bits per heavy atom. The van der Waals surface area contributed by atoms with Gasteiger partial charge in [0, 0.05) is 11.0 Å². The van der Waals surface area contributed by atoms with E-state index in [9.17, 15) is 14.9 Å². The van der Waals surface area contributed by atoms with Gasteiger partial charge in [-0.15, -0.1) is 11.3 Å². The molecule has 154 valence electrons. The number of ether oxygens (including phenoxy) is 2. The van der Waals surface area contributed by atoms with Gasteiger partial charge in [0.15, 0.2) is 6.61 Å². The van der Waals surface area contributed by atoms with E-state index in [0.717, 1.165) is 41.7 Å². The number of rotatable bonds is 8. The van der Waals surface area contributed by atoms with E-state index in [1.54, 1.807) is 36.4 Å². The van der Waals surface area contributed by atoms with Gasteiger partial charge in [0.25, 0.3) is 5.91 Å². The van der Waals surface area contributed by atoms with Crippen LogP contribution in [0.5, 0.6) is 5.75 Å². The lowest BCUT2D eigenvalue weighted by Crippen LogP contribution is -2.20. The molecule has 0 bridgehead atoms. The smallest absolute Gasteiger partial charge is 0.331 e. The summed E-state index contributed by atoms with van der Waals surface area (Å²) in [5, 5.41) is 12.7. The van der Waals surface area contributed by atoms with Crippen LogP contribution in [0.4, 0.5) is 5.00 Å². The summed E-state index contributed by atoms with van der Waals surface area (Å²) in [4.78, 5) is 25.2. The maximum atomic E-state index is 12.2. The molecule has 2 aromatic rings. The Kier molecular flexibility index (Phi) is 7.41. The molecule has 0 fully saturated rings. The summed E-state index contributed by atoms with van der Waals surface area (Å²) in [6, 6.07) is 9.37. The molecule has 7 heteroatoms. The first-order chi connectivity index (χ1) is 14.6. The number of aryl methyl sites for hydroxylation is 1. The van der Waals surface area contributed by atoms with Crippen LogP contribution in [0.3, 0.4) is 0 Å². The SMILES string of the molecule is C=CCOc1ccc(/C=C/C(=O)OCC(=O)Nc2sc3c(c2C#N)CCCC3)cc1. The molecule has 1 N–H and O–H groups in total. The number of carbonyl (C=O) groups is 2. The lowest BCUT2D eigenvalue weighted by Gasteiger charge is -2.09. The number of esters is 1. The van der Waals surface area contributed by atoms with E-state index in [-0.39, 0.29) is 0 Å². The highest BCUT2D eigenvalue weighted by Crippen LogP contribution is 2.37. The zero-order valence-corrected chi connectivity index (χ0v) is 17.3. The fraction of sp³-hybridized carbons (Fsp3) is 0.261. The van der Waals surface area contributed by atoms with Gasteiger partial charge < -0.3 is 14.8 Å². The number of anilines is 1. The lowest BCUT2D eigenvalue weighted by molar-refractivity contribution is -0.142. The molecule has 6 nitrogen and oxygen atoms in total. The average Bonchev–Trinajstić information content (AvgIpc) is 3.12. The molecule has 0 aliphatic heterocycles. The zero-order chi connectivity index (χ0) is 21.3. The summed E-state index contributed by atoms with van der Waals surface area (Å²) in [5.41, 5.74) is 2.38. The minimum Gasteiger partial charge on any atom is -0.490 e. The van der Waals surface area contributed by atoms with Gasteiger partial charge in [-0.05, 0) is 55.0 Å². The molecule has 1 aliphatic carbocycles. The van der Waals surface area contributed by atoms with Crippen LogP contribution in [-0.2, 0) is 27.2 Å². The first kappa shape index (κ1) is 21.3. The van der Waals surface area contributed by atoms with Crippen molar-refractivity contribution in [1.29, 1.82) is 5.26 Å². The Morgan fingerprint density at radius 3 is 2.73 bits per heavy atom. The second-order valence-electron chi connectivity index (χ2n) is 6.68. The molecule has 30 heavy (non-hydrogen) atoms. The number of amides is 1. The molecule has 0 atom stereocenters. The molecule has 1 amide bonds. The number of thiophene rings is 1. The molecular weight excluding hydrogens is 400 g/mol. The van der Waals surface area contributed by atoms with Crippen molar-refractivity contribution in [2.75, 3.05) is 18.5 Å². The number of hydrogen-bond acceptors (Lipinski definition) is 6. The summed E-state index contributed by atoms with van der Waals surface area (Å²) >= 11 is 1.44. The van der Waals surface area contributed by atoms with Crippen LogP contribution in [0, 0.1) is 11.3 Å². The van der Waals surface area contributed by atoms with Crippen LogP contribution < -0.4 is 10.1 Å². The quantitative estimate of drug-likeness (QED) is 0.390. The van der Waals surface area contributed by atoms with Gasteiger partial charge in [0.1, 0.15) is 23.4 Å². The molecular formula is C23H22N2O4S. The molecule has 1 aromatic heterocycles. The van der Waals surface area contributed by atoms with Crippen molar-refractivity contribution < 1.29 is 19.1 Å². The maximum Gasteiger partial charge on any atom is 0.331 e. The normalized spacial score (nSPS) is 12.6. The van der Waals surface area contributed by atoms with Crippen LogP contribution in [0.25, 0.3) is 6.08 Å². The van der Waals surface area contributed by atoms with E-state index in [1.807, 2.05) is 0 Å². The van der Waals surface area contributed by atoms with Crippen LogP contribution in [0.15, 0.2) is 43.0 Å². The summed E-state index contributed by atoms with van der Waals surface area (Å²) in [5.74, 6) is -0.378. The Balaban J connectivity index is 1.49. The predicted molar refractivity (Wildman–Crippen MR) is 116 cm³/mol. The second-order valence-corrected chi connectivity index (χ2v) is 7.79. The molecule has 0 spiro atoms. The predicted octanol–water partition coefficient (Wildman–Crippen LogP) is 4.26. The van der Waals surface area contributed by atoms with E-state index < -0.39 is 18.5 Å². The van der Waals surface area contributed by atoms with Crippen molar-refractivity contribution in [3.8, 4) is 11.8 Å². The van der Waals surface area contributed by atoms with Crippen LogP contribution >= 0.6 is 11.3 Å². The third-order valence-corrected chi connectivity index (χ3v) is 5.75. The summed E-state index contributed by atoms with van der Waals surface area (Å²) in [6.45, 7) is 3.60. The highest BCUT2D eigenvalue weighted by Gasteiger charge is 2.21. The van der Waals surface area contributed by atoms with Crippen molar-refractivity contribution in [2.45, 2.75) is 25.7 Å². The van der Waals surface area contributed by atoms with E-state index in [1.165, 1.54) is 17.4 Å². The first-order valence-electron chi connectivity index (χ1n) is 9.63. The number of hydrogen-bond donors (Lipinski definition) is 1. The van der Waals surface area contributed by atoms with Gasteiger partial charge in [0.05, 0.1) is 5.56 Å². The van der Waals surface area contributed by atoms with Crippen LogP contribution in [-0.4, -0.2) is 25.1 Å². The van der Waals surface area contributed by atoms with E-state index in [4.69, 9.17) is 9.47 Å². The van der Waals surface area contributed by atoms with Crippen molar-refractivity contribution >= 4 is 34.3 Å². The topological polar surface area (TPSA) is 88.4 Å². The van der Waals surface area contributed by atoms with E-state index >= 15 is 0 Å². The van der Waals surface area contributed by atoms with Gasteiger partial charge >= 0.3 is 5.97 Å². The van der Waals surface area contributed by atoms with Gasteiger partial charge in [-0.2, -0.15) is 5.26 Å².